The number of benzene rings is 1. The summed E-state index contributed by atoms with van der Waals surface area (Å²) in [6.45, 7) is 38.8. The maximum absolute atomic E-state index is 13.3. The molecule has 1 fully saturated rings. The van der Waals surface area contributed by atoms with E-state index in [1.54, 1.807) is 52.0 Å². The average molecular weight is 1630 g/mol. The molecule has 0 radical (unpaired) electrons. The molecule has 0 heterocycles. The van der Waals surface area contributed by atoms with Gasteiger partial charge in [0.2, 0.25) is 0 Å². The monoisotopic (exact) mass is 1630 g/mol. The maximum Gasteiger partial charge on any atom is 0.407 e. The molecule has 2 atom stereocenters. The molecule has 2 rings (SSSR count). The molecular weight excluding hydrogens is 1530 g/mol. The quantitative estimate of drug-likeness (QED) is 0.0305. The van der Waals surface area contributed by atoms with E-state index >= 15 is 0 Å². The van der Waals surface area contributed by atoms with Gasteiger partial charge in [-0.25, -0.2) is 76.7 Å². The number of ether oxygens (including phenoxy) is 16. The summed E-state index contributed by atoms with van der Waals surface area (Å²) in [6, 6.07) is 6.78. The zero-order chi connectivity index (χ0) is 87.6. The van der Waals surface area contributed by atoms with E-state index in [2.05, 4.69) is 100 Å². The van der Waals surface area contributed by atoms with Crippen molar-refractivity contribution >= 4 is 96.0 Å². The number of alkyl carbamates (subject to hydrolysis) is 4. The first-order chi connectivity index (χ1) is 54.8. The topological polar surface area (TPSA) is 469 Å². The van der Waals surface area contributed by atoms with Crippen molar-refractivity contribution < 1.29 is 153 Å². The first-order valence-corrected chi connectivity index (χ1v) is 35.1. The second-order valence-electron chi connectivity index (χ2n) is 26.8. The smallest absolute Gasteiger partial charge is 0.407 e. The Kier molecular flexibility index (Phi) is 45.4. The van der Waals surface area contributed by atoms with Crippen molar-refractivity contribution in [2.75, 3.05) is 119 Å². The minimum absolute atomic E-state index is 0.00852. The molecular formula is C80H102N4O32. The van der Waals surface area contributed by atoms with Gasteiger partial charge in [0.15, 0.2) is 0 Å². The number of amides is 4. The van der Waals surface area contributed by atoms with Crippen molar-refractivity contribution in [3.63, 3.8) is 0 Å². The van der Waals surface area contributed by atoms with Crippen LogP contribution < -0.4 is 21.3 Å². The molecule has 2 unspecified atom stereocenters. The molecule has 36 heteroatoms. The van der Waals surface area contributed by atoms with Gasteiger partial charge in [-0.3, -0.25) is 0 Å². The first kappa shape index (κ1) is 101. The predicted molar refractivity (Wildman–Crippen MR) is 409 cm³/mol. The summed E-state index contributed by atoms with van der Waals surface area (Å²) in [6.07, 6.45) is 9.98. The summed E-state index contributed by atoms with van der Waals surface area (Å²) in [4.78, 5) is 195. The van der Waals surface area contributed by atoms with Crippen LogP contribution in [0, 0.1) is 33.5 Å². The number of hydrogen-bond donors (Lipinski definition) is 4. The van der Waals surface area contributed by atoms with Crippen LogP contribution in [0.5, 0.6) is 0 Å². The second kappa shape index (κ2) is 52.2. The molecule has 0 bridgehead atoms. The van der Waals surface area contributed by atoms with Gasteiger partial charge in [0.25, 0.3) is 0 Å². The lowest BCUT2D eigenvalue weighted by Gasteiger charge is -2.33. The molecule has 1 aliphatic carbocycles. The van der Waals surface area contributed by atoms with Crippen molar-refractivity contribution in [2.45, 2.75) is 64.5 Å². The van der Waals surface area contributed by atoms with Gasteiger partial charge in [-0.05, 0) is 69.9 Å². The molecule has 4 amide bonds. The van der Waals surface area contributed by atoms with E-state index in [1.807, 2.05) is 0 Å². The fourth-order valence-electron chi connectivity index (χ4n) is 9.63. The van der Waals surface area contributed by atoms with Crippen LogP contribution >= 0.6 is 0 Å². The van der Waals surface area contributed by atoms with E-state index < -0.39 is 234 Å². The van der Waals surface area contributed by atoms with Crippen molar-refractivity contribution in [1.29, 1.82) is 0 Å². The van der Waals surface area contributed by atoms with Crippen LogP contribution in [0.2, 0.25) is 0 Å². The third kappa shape index (κ3) is 39.8. The second-order valence-corrected chi connectivity index (χ2v) is 26.8. The van der Waals surface area contributed by atoms with Crippen LogP contribution in [-0.4, -0.2) is 215 Å². The molecule has 0 saturated heterocycles. The number of hydrogen-bond acceptors (Lipinski definition) is 32. The van der Waals surface area contributed by atoms with Gasteiger partial charge in [-0.2, -0.15) is 0 Å². The van der Waals surface area contributed by atoms with Crippen molar-refractivity contribution in [3.8, 4) is 0 Å². The van der Waals surface area contributed by atoms with Crippen LogP contribution in [-0.2, 0) is 144 Å². The standard InChI is InChI=1S/C42H52N2O16.C38H50N2O16/c1-11-31(45)53-21-41(22-54-32(46)12-2,23-55-33(47)13-3)27-59-37(51)43-39(7,8)29-18-17-19-30(20-29)40(9,10)44-38(52)60-28-42(24-56-34(48)14-4,25-57-35(49)15-5)26-58-36(50)16-6;1-7-29(41)49-19-37(20-50-30(42)8-2,21-51-31(43)9-3)25-55-35(47)39-17-27-14-13-15-28(16-27)18-40-36(48)56-26-38(22-52-32(44)10-4,23-53-33(45)11-5)24-54-34(46)12-6/h11-20H,1-6,21-28H2,7-10H3,(H,43,51)(H,44,52);7-12,27-28H,1-6,13-26H2,(H,39,47)(H,40,48). The van der Waals surface area contributed by atoms with Gasteiger partial charge in [0, 0.05) is 86.0 Å². The Hall–Kier alpha value is -13.2. The fourth-order valence-corrected chi connectivity index (χ4v) is 9.63. The molecule has 0 aliphatic heterocycles. The molecule has 0 spiro atoms. The highest BCUT2D eigenvalue weighted by molar-refractivity contribution is 5.86. The highest BCUT2D eigenvalue weighted by Crippen LogP contribution is 2.32. The van der Waals surface area contributed by atoms with E-state index in [9.17, 15) is 76.7 Å². The number of carbonyl (C=O) groups is 16. The molecule has 1 aromatic rings. The Morgan fingerprint density at radius 3 is 0.647 bits per heavy atom. The predicted octanol–water partition coefficient (Wildman–Crippen LogP) is 6.55. The lowest BCUT2D eigenvalue weighted by molar-refractivity contribution is -0.161. The molecule has 116 heavy (non-hydrogen) atoms. The average Bonchev–Trinajstić information content (AvgIpc) is 0.800. The molecule has 4 N–H and O–H groups in total. The summed E-state index contributed by atoms with van der Waals surface area (Å²) >= 11 is 0. The molecule has 1 aliphatic rings. The molecule has 0 aromatic heterocycles. The van der Waals surface area contributed by atoms with Gasteiger partial charge in [-0.1, -0.05) is 110 Å². The van der Waals surface area contributed by atoms with Crippen LogP contribution in [0.3, 0.4) is 0 Å². The summed E-state index contributed by atoms with van der Waals surface area (Å²) < 4.78 is 83.5. The molecule has 1 saturated carbocycles. The Morgan fingerprint density at radius 2 is 0.466 bits per heavy atom. The third-order valence-electron chi connectivity index (χ3n) is 16.4. The highest BCUT2D eigenvalue weighted by atomic mass is 16.6. The minimum Gasteiger partial charge on any atom is -0.462 e. The summed E-state index contributed by atoms with van der Waals surface area (Å²) in [5.41, 5.74) is -7.31. The number of nitrogens with one attached hydrogen (secondary N) is 4. The highest BCUT2D eigenvalue weighted by Gasteiger charge is 2.43. The Labute approximate surface area is 671 Å². The zero-order valence-corrected chi connectivity index (χ0v) is 65.5. The van der Waals surface area contributed by atoms with Crippen LogP contribution in [0.25, 0.3) is 0 Å². The Morgan fingerprint density at radius 1 is 0.293 bits per heavy atom. The number of rotatable bonds is 52. The Balaban J connectivity index is 0.00000116. The first-order valence-electron chi connectivity index (χ1n) is 35.1. The molecule has 634 valence electrons. The maximum atomic E-state index is 13.3. The lowest BCUT2D eigenvalue weighted by atomic mass is 9.81. The van der Waals surface area contributed by atoms with Crippen molar-refractivity contribution in [3.05, 3.63) is 187 Å². The summed E-state index contributed by atoms with van der Waals surface area (Å²) in [5, 5.41) is 10.8. The van der Waals surface area contributed by atoms with E-state index in [0.717, 1.165) is 92.2 Å². The van der Waals surface area contributed by atoms with Gasteiger partial charge in [0.05, 0.1) is 11.1 Å². The Bertz CT molecular complexity index is 3280. The normalized spacial score (nSPS) is 12.9. The summed E-state index contributed by atoms with van der Waals surface area (Å²) in [7, 11) is 0. The van der Waals surface area contributed by atoms with E-state index in [1.165, 1.54) is 0 Å². The summed E-state index contributed by atoms with van der Waals surface area (Å²) in [5.74, 6) is -10.0. The van der Waals surface area contributed by atoms with Gasteiger partial charge in [-0.15, -0.1) is 0 Å². The fraction of sp³-hybridized carbons (Fsp3) is 0.425. The van der Waals surface area contributed by atoms with Crippen LogP contribution in [0.15, 0.2) is 176 Å². The van der Waals surface area contributed by atoms with E-state index in [-0.39, 0.29) is 24.9 Å². The third-order valence-corrected chi connectivity index (χ3v) is 16.4. The van der Waals surface area contributed by atoms with Gasteiger partial charge in [0.1, 0.15) is 127 Å². The van der Waals surface area contributed by atoms with Crippen LogP contribution in [0.4, 0.5) is 19.2 Å². The lowest BCUT2D eigenvalue weighted by Crippen LogP contribution is -2.47. The van der Waals surface area contributed by atoms with Crippen molar-refractivity contribution in [1.82, 2.24) is 21.3 Å². The van der Waals surface area contributed by atoms with Gasteiger partial charge < -0.3 is 97.1 Å². The molecule has 36 nitrogen and oxygen atoms in total. The van der Waals surface area contributed by atoms with E-state index in [0.29, 0.717) is 17.5 Å². The van der Waals surface area contributed by atoms with Crippen LogP contribution in [0.1, 0.15) is 64.5 Å². The SMILES string of the molecule is C=CC(=O)OCC(COC(=O)C=C)(COC(=O)C=C)COC(=O)NC(C)(C)c1cccc(C(C)(C)NC(=O)OCC(COC(=O)C=C)(COC(=O)C=C)COC(=O)C=C)c1.C=CC(=O)OCC(COC(=O)C=C)(COC(=O)C=C)COC(=O)NCC1CCCC(CNC(=O)OCC(COC(=O)C=C)(COC(=O)C=C)COC(=O)C=C)C1. The molecule has 1 aromatic carbocycles. The minimum atomic E-state index is -1.57. The number of esters is 12. The van der Waals surface area contributed by atoms with Gasteiger partial charge >= 0.3 is 96.0 Å². The van der Waals surface area contributed by atoms with E-state index in [4.69, 9.17) is 75.8 Å². The number of carbonyl (C=O) groups excluding carboxylic acids is 16. The zero-order valence-electron chi connectivity index (χ0n) is 65.5. The largest absolute Gasteiger partial charge is 0.462 e. The van der Waals surface area contributed by atoms with Crippen molar-refractivity contribution in [2.24, 2.45) is 33.5 Å².